The molecule has 1 aromatic carbocycles. The Balaban J connectivity index is 0.00000338. The second kappa shape index (κ2) is 11.4. The Kier molecular flexibility index (Phi) is 10.3. The monoisotopic (exact) mass is 511 g/mol. The van der Waals surface area contributed by atoms with E-state index in [1.165, 1.54) is 25.5 Å². The molecule has 0 bridgehead atoms. The van der Waals surface area contributed by atoms with Gasteiger partial charge in [-0.1, -0.05) is 24.3 Å². The highest BCUT2D eigenvalue weighted by Gasteiger charge is 2.24. The van der Waals surface area contributed by atoms with Crippen molar-refractivity contribution < 1.29 is 8.42 Å². The molecule has 2 unspecified atom stereocenters. The van der Waals surface area contributed by atoms with Gasteiger partial charge in [0, 0.05) is 24.1 Å². The van der Waals surface area contributed by atoms with Crippen LogP contribution in [0, 0.1) is 0 Å². The van der Waals surface area contributed by atoms with Crippen molar-refractivity contribution in [1.82, 2.24) is 10.6 Å². The fourth-order valence-corrected chi connectivity index (χ4v) is 4.61. The van der Waals surface area contributed by atoms with E-state index < -0.39 is 9.84 Å². The molecule has 0 saturated heterocycles. The van der Waals surface area contributed by atoms with Gasteiger partial charge in [0.15, 0.2) is 15.8 Å². The van der Waals surface area contributed by atoms with Gasteiger partial charge in [0.25, 0.3) is 0 Å². The Labute approximate surface area is 179 Å². The molecule has 2 N–H and O–H groups in total. The van der Waals surface area contributed by atoms with Crippen LogP contribution in [0.5, 0.6) is 0 Å². The topological polar surface area (TPSA) is 70.6 Å². The molecule has 0 heterocycles. The molecule has 2 rings (SSSR count). The van der Waals surface area contributed by atoms with Crippen molar-refractivity contribution in [3.8, 4) is 0 Å². The van der Waals surface area contributed by atoms with Crippen molar-refractivity contribution >= 4 is 51.5 Å². The van der Waals surface area contributed by atoms with Crippen molar-refractivity contribution in [3.05, 3.63) is 35.4 Å². The molecule has 0 aliphatic heterocycles. The lowest BCUT2D eigenvalue weighted by Crippen LogP contribution is -2.42. The fraction of sp³-hybridized carbons (Fsp3) is 0.611. The van der Waals surface area contributed by atoms with Crippen LogP contribution in [0.25, 0.3) is 0 Å². The first-order chi connectivity index (χ1) is 11.9. The molecular weight excluding hydrogens is 481 g/mol. The first-order valence-electron chi connectivity index (χ1n) is 8.72. The number of nitrogens with one attached hydrogen (secondary N) is 2. The summed E-state index contributed by atoms with van der Waals surface area (Å²) in [7, 11) is -2.99. The van der Waals surface area contributed by atoms with E-state index in [1.54, 1.807) is 0 Å². The van der Waals surface area contributed by atoms with Gasteiger partial charge in [0.05, 0.1) is 12.3 Å². The van der Waals surface area contributed by atoms with E-state index in [0.717, 1.165) is 28.9 Å². The number of guanidine groups is 1. The molecule has 148 valence electrons. The molecule has 0 spiro atoms. The molecule has 26 heavy (non-hydrogen) atoms. The lowest BCUT2D eigenvalue weighted by molar-refractivity contribution is 0.601. The molecular formula is C18H30IN3O2S2. The number of halogens is 1. The molecule has 1 aromatic rings. The average molecular weight is 511 g/mol. The minimum Gasteiger partial charge on any atom is -0.357 e. The van der Waals surface area contributed by atoms with Crippen molar-refractivity contribution in [2.75, 3.05) is 19.1 Å². The van der Waals surface area contributed by atoms with Gasteiger partial charge in [0.2, 0.25) is 0 Å². The summed E-state index contributed by atoms with van der Waals surface area (Å²) in [6.45, 7) is 3.47. The van der Waals surface area contributed by atoms with Gasteiger partial charge in [-0.2, -0.15) is 11.8 Å². The molecule has 1 saturated carbocycles. The highest BCUT2D eigenvalue weighted by molar-refractivity contribution is 14.0. The van der Waals surface area contributed by atoms with Gasteiger partial charge in [0.1, 0.15) is 0 Å². The Morgan fingerprint density at radius 1 is 1.23 bits per heavy atom. The van der Waals surface area contributed by atoms with Gasteiger partial charge >= 0.3 is 0 Å². The van der Waals surface area contributed by atoms with Crippen molar-refractivity contribution in [1.29, 1.82) is 0 Å². The third kappa shape index (κ3) is 8.47. The number of hydrogen-bond donors (Lipinski definition) is 2. The van der Waals surface area contributed by atoms with E-state index in [4.69, 9.17) is 0 Å². The molecule has 8 heteroatoms. The summed E-state index contributed by atoms with van der Waals surface area (Å²) in [6.07, 6.45) is 7.08. The molecule has 0 amide bonds. The summed E-state index contributed by atoms with van der Waals surface area (Å²) >= 11 is 1.95. The smallest absolute Gasteiger partial charge is 0.191 e. The maximum atomic E-state index is 11.3. The second-order valence-electron chi connectivity index (χ2n) is 6.59. The number of benzene rings is 1. The van der Waals surface area contributed by atoms with Crippen molar-refractivity contribution in [2.24, 2.45) is 4.99 Å². The standard InChI is InChI=1S/C18H29N3O2S2.HI/c1-4-19-18(21-16-9-10-17(11-16)24-2)20-12-14-5-7-15(8-6-14)13-25(3,22)23;/h5-8,16-17H,4,9-13H2,1-3H3,(H2,19,20,21);1H. The van der Waals surface area contributed by atoms with Crippen LogP contribution in [0.4, 0.5) is 0 Å². The van der Waals surface area contributed by atoms with Crippen LogP contribution in [0.15, 0.2) is 29.3 Å². The molecule has 2 atom stereocenters. The number of thioether (sulfide) groups is 1. The molecule has 1 fully saturated rings. The summed E-state index contributed by atoms with van der Waals surface area (Å²) in [5, 5.41) is 7.60. The average Bonchev–Trinajstić information content (AvgIpc) is 3.00. The van der Waals surface area contributed by atoms with E-state index in [2.05, 4.69) is 28.8 Å². The largest absolute Gasteiger partial charge is 0.357 e. The summed E-state index contributed by atoms with van der Waals surface area (Å²) in [5.41, 5.74) is 1.89. The van der Waals surface area contributed by atoms with E-state index in [0.29, 0.717) is 12.6 Å². The number of rotatable bonds is 7. The van der Waals surface area contributed by atoms with E-state index in [1.807, 2.05) is 36.0 Å². The summed E-state index contributed by atoms with van der Waals surface area (Å²) in [5.74, 6) is 0.938. The van der Waals surface area contributed by atoms with Crippen molar-refractivity contribution in [2.45, 2.75) is 49.8 Å². The minimum atomic E-state index is -2.99. The van der Waals surface area contributed by atoms with Gasteiger partial charge in [-0.15, -0.1) is 24.0 Å². The Hall–Kier alpha value is -0.480. The van der Waals surface area contributed by atoms with Gasteiger partial charge < -0.3 is 10.6 Å². The fourth-order valence-electron chi connectivity index (χ4n) is 3.01. The zero-order valence-electron chi connectivity index (χ0n) is 15.7. The molecule has 5 nitrogen and oxygen atoms in total. The summed E-state index contributed by atoms with van der Waals surface area (Å²) in [4.78, 5) is 4.67. The Morgan fingerprint density at radius 3 is 2.42 bits per heavy atom. The Bertz CT molecular complexity index is 678. The highest BCUT2D eigenvalue weighted by Crippen LogP contribution is 2.28. The predicted molar refractivity (Wildman–Crippen MR) is 123 cm³/mol. The maximum absolute atomic E-state index is 11.3. The van der Waals surface area contributed by atoms with Gasteiger partial charge in [-0.3, -0.25) is 0 Å². The van der Waals surface area contributed by atoms with E-state index >= 15 is 0 Å². The Morgan fingerprint density at radius 2 is 1.88 bits per heavy atom. The normalized spacial score (nSPS) is 20.5. The van der Waals surface area contributed by atoms with Crippen LogP contribution in [0.3, 0.4) is 0 Å². The van der Waals surface area contributed by atoms with Gasteiger partial charge in [-0.05, 0) is 43.6 Å². The molecule has 0 aromatic heterocycles. The predicted octanol–water partition coefficient (Wildman–Crippen LogP) is 3.19. The first kappa shape index (κ1) is 23.6. The zero-order chi connectivity index (χ0) is 18.3. The van der Waals surface area contributed by atoms with Crippen molar-refractivity contribution in [3.63, 3.8) is 0 Å². The summed E-state index contributed by atoms with van der Waals surface area (Å²) in [6, 6.07) is 8.13. The van der Waals surface area contributed by atoms with Crippen LogP contribution in [0.1, 0.15) is 37.3 Å². The van der Waals surface area contributed by atoms with Crippen LogP contribution < -0.4 is 10.6 Å². The SMILES string of the molecule is CCNC(=NCc1ccc(CS(C)(=O)=O)cc1)NC1CCC(SC)C1.I. The lowest BCUT2D eigenvalue weighted by atomic mass is 10.1. The number of nitrogens with zero attached hydrogens (tertiary/aromatic N) is 1. The highest BCUT2D eigenvalue weighted by atomic mass is 127. The second-order valence-corrected chi connectivity index (χ2v) is 9.87. The first-order valence-corrected chi connectivity index (χ1v) is 12.1. The number of aliphatic imine (C=N–C) groups is 1. The van der Waals surface area contributed by atoms with Gasteiger partial charge in [-0.25, -0.2) is 13.4 Å². The lowest BCUT2D eigenvalue weighted by Gasteiger charge is -2.17. The summed E-state index contributed by atoms with van der Waals surface area (Å²) < 4.78 is 22.7. The molecule has 0 radical (unpaired) electrons. The van der Waals surface area contributed by atoms with Crippen LogP contribution in [-0.4, -0.2) is 44.7 Å². The van der Waals surface area contributed by atoms with Crippen LogP contribution in [-0.2, 0) is 22.1 Å². The third-order valence-corrected chi connectivity index (χ3v) is 6.23. The van der Waals surface area contributed by atoms with Crippen LogP contribution >= 0.6 is 35.7 Å². The van der Waals surface area contributed by atoms with Crippen LogP contribution in [0.2, 0.25) is 0 Å². The number of sulfone groups is 1. The minimum absolute atomic E-state index is 0. The molecule has 1 aliphatic carbocycles. The van der Waals surface area contributed by atoms with E-state index in [9.17, 15) is 8.42 Å². The maximum Gasteiger partial charge on any atom is 0.191 e. The quantitative estimate of drug-likeness (QED) is 0.334. The third-order valence-electron chi connectivity index (χ3n) is 4.27. The zero-order valence-corrected chi connectivity index (χ0v) is 19.7. The van der Waals surface area contributed by atoms with E-state index in [-0.39, 0.29) is 29.7 Å². The number of hydrogen-bond acceptors (Lipinski definition) is 4. The molecule has 1 aliphatic rings.